The highest BCUT2D eigenvalue weighted by atomic mass is 16.5. The van der Waals surface area contributed by atoms with Crippen molar-refractivity contribution in [3.63, 3.8) is 0 Å². The third-order valence-electron chi connectivity index (χ3n) is 8.72. The minimum absolute atomic E-state index is 0.233. The van der Waals surface area contributed by atoms with Crippen LogP contribution in [0.2, 0.25) is 0 Å². The van der Waals surface area contributed by atoms with E-state index in [0.717, 1.165) is 11.3 Å². The lowest BCUT2D eigenvalue weighted by atomic mass is 9.85. The van der Waals surface area contributed by atoms with Crippen molar-refractivity contribution in [1.29, 1.82) is 0 Å². The number of rotatable bonds is 7. The number of amides is 2. The summed E-state index contributed by atoms with van der Waals surface area (Å²) in [5, 5.41) is 11.7. The van der Waals surface area contributed by atoms with Crippen LogP contribution in [0.1, 0.15) is 39.1 Å². The van der Waals surface area contributed by atoms with Crippen LogP contribution in [0.15, 0.2) is 79.0 Å². The molecule has 0 atom stereocenters. The third-order valence-corrected chi connectivity index (χ3v) is 8.72. The predicted molar refractivity (Wildman–Crippen MR) is 165 cm³/mol. The average Bonchev–Trinajstić information content (AvgIpc) is 3.47. The zero-order valence-electron chi connectivity index (χ0n) is 24.3. The van der Waals surface area contributed by atoms with Gasteiger partial charge in [-0.3, -0.25) is 14.4 Å². The Hall–Kier alpha value is -4.63. The largest absolute Gasteiger partial charge is 0.496 e. The number of carbonyl (C=O) groups excluding carboxylic acids is 3. The summed E-state index contributed by atoms with van der Waals surface area (Å²) in [6.45, 7) is 2.98. The summed E-state index contributed by atoms with van der Waals surface area (Å²) in [4.78, 5) is 49.0. The topological polar surface area (TPSA) is 106 Å². The predicted octanol–water partition coefficient (Wildman–Crippen LogP) is 3.92. The molecule has 6 rings (SSSR count). The van der Waals surface area contributed by atoms with E-state index in [1.165, 1.54) is 13.3 Å². The molecule has 3 aromatic carbocycles. The molecule has 0 unspecified atom stereocenters. The average molecular weight is 581 g/mol. The number of anilines is 1. The van der Waals surface area contributed by atoms with Gasteiger partial charge in [0.1, 0.15) is 5.75 Å². The van der Waals surface area contributed by atoms with Gasteiger partial charge >= 0.3 is 0 Å². The summed E-state index contributed by atoms with van der Waals surface area (Å²) in [6, 6.07) is 23.2. The van der Waals surface area contributed by atoms with E-state index in [0.29, 0.717) is 80.7 Å². The van der Waals surface area contributed by atoms with Crippen LogP contribution in [0.4, 0.5) is 5.69 Å². The van der Waals surface area contributed by atoms with Gasteiger partial charge in [0.25, 0.3) is 17.6 Å². The maximum atomic E-state index is 13.7. The number of methoxy groups -OCH3 is 1. The molecule has 222 valence electrons. The number of ether oxygens (including phenoxy) is 1. The first kappa shape index (κ1) is 28.5. The number of nitrogens with zero attached hydrogens (tertiary/aromatic N) is 3. The molecule has 0 saturated carbocycles. The number of aliphatic hydroxyl groups is 1. The third kappa shape index (κ3) is 5.85. The smallest absolute Gasteiger partial charge is 0.295 e. The Morgan fingerprint density at radius 1 is 0.837 bits per heavy atom. The molecule has 0 spiro atoms. The minimum atomic E-state index is -0.876. The highest BCUT2D eigenvalue weighted by Gasteiger charge is 2.35. The van der Waals surface area contributed by atoms with Crippen LogP contribution >= 0.6 is 0 Å². The van der Waals surface area contributed by atoms with E-state index in [1.807, 2.05) is 60.7 Å². The van der Waals surface area contributed by atoms with Gasteiger partial charge in [-0.1, -0.05) is 48.5 Å². The molecule has 9 nitrogen and oxygen atoms in total. The first-order valence-electron chi connectivity index (χ1n) is 14.7. The van der Waals surface area contributed by atoms with Crippen LogP contribution in [0.5, 0.6) is 5.75 Å². The number of para-hydroxylation sites is 1. The number of fused-ring (bicyclic) bond motifs is 1. The van der Waals surface area contributed by atoms with Crippen LogP contribution in [-0.2, 0) is 11.2 Å². The number of ketones is 1. The number of likely N-dealkylation sites (tertiary alicyclic amines) is 1. The van der Waals surface area contributed by atoms with Gasteiger partial charge in [0.05, 0.1) is 23.8 Å². The molecular formula is C34H36N4O5. The second-order valence-electron chi connectivity index (χ2n) is 11.4. The van der Waals surface area contributed by atoms with E-state index < -0.39 is 17.3 Å². The summed E-state index contributed by atoms with van der Waals surface area (Å²) >= 11 is 0. The number of hydrogen-bond acceptors (Lipinski definition) is 6. The molecule has 2 N–H and O–H groups in total. The number of piperidine rings is 1. The fourth-order valence-electron chi connectivity index (χ4n) is 6.19. The van der Waals surface area contributed by atoms with Gasteiger partial charge < -0.3 is 29.5 Å². The molecule has 0 radical (unpaired) electrons. The Morgan fingerprint density at radius 3 is 2.14 bits per heavy atom. The van der Waals surface area contributed by atoms with Gasteiger partial charge in [0.2, 0.25) is 0 Å². The van der Waals surface area contributed by atoms with Crippen LogP contribution in [0.3, 0.4) is 0 Å². The number of aromatic amines is 1. The highest BCUT2D eigenvalue weighted by molar-refractivity contribution is 6.45. The van der Waals surface area contributed by atoms with Crippen molar-refractivity contribution in [3.8, 4) is 5.75 Å². The van der Waals surface area contributed by atoms with Gasteiger partial charge in [-0.05, 0) is 36.6 Å². The van der Waals surface area contributed by atoms with E-state index >= 15 is 0 Å². The molecular weight excluding hydrogens is 544 g/mol. The van der Waals surface area contributed by atoms with E-state index in [4.69, 9.17) is 4.74 Å². The van der Waals surface area contributed by atoms with E-state index in [1.54, 1.807) is 21.9 Å². The van der Waals surface area contributed by atoms with E-state index in [2.05, 4.69) is 9.88 Å². The van der Waals surface area contributed by atoms with Gasteiger partial charge in [0.15, 0.2) is 0 Å². The lowest BCUT2D eigenvalue weighted by Crippen LogP contribution is -2.50. The van der Waals surface area contributed by atoms with E-state index in [9.17, 15) is 19.5 Å². The minimum Gasteiger partial charge on any atom is -0.496 e. The number of hydrogen-bond donors (Lipinski definition) is 2. The Kier molecular flexibility index (Phi) is 7.90. The number of carbonyl (C=O) groups is 3. The summed E-state index contributed by atoms with van der Waals surface area (Å²) < 4.78 is 5.56. The van der Waals surface area contributed by atoms with Crippen LogP contribution < -0.4 is 9.64 Å². The quantitative estimate of drug-likeness (QED) is 0.254. The number of nitrogens with one attached hydrogen (secondary N) is 1. The lowest BCUT2D eigenvalue weighted by Gasteiger charge is -2.38. The maximum Gasteiger partial charge on any atom is 0.295 e. The van der Waals surface area contributed by atoms with E-state index in [-0.39, 0.29) is 11.5 Å². The monoisotopic (exact) mass is 580 g/mol. The standard InChI is InChI=1S/C34H36N4O5/c1-43-30-21-29-26(20-27(30)32(40)37-14-12-34(42,13-15-37)22-24-8-4-2-5-9-24)28(23-35-29)31(39)33(41)38-18-16-36(17-19-38)25-10-6-3-7-11-25/h2-11,20-21,23,35,42H,12-19,22H2,1H3. The van der Waals surface area contributed by atoms with Gasteiger partial charge in [-0.2, -0.15) is 0 Å². The normalized spacial score (nSPS) is 16.7. The van der Waals surface area contributed by atoms with Gasteiger partial charge in [-0.15, -0.1) is 0 Å². The molecule has 43 heavy (non-hydrogen) atoms. The van der Waals surface area contributed by atoms with Gasteiger partial charge in [0, 0.05) is 74.5 Å². The van der Waals surface area contributed by atoms with Crippen molar-refractivity contribution in [1.82, 2.24) is 14.8 Å². The SMILES string of the molecule is COc1cc2[nH]cc(C(=O)C(=O)N3CCN(c4ccccc4)CC3)c2cc1C(=O)N1CCC(O)(Cc2ccccc2)CC1. The molecule has 2 fully saturated rings. The number of benzene rings is 3. The van der Waals surface area contributed by atoms with Crippen LogP contribution in [0.25, 0.3) is 10.9 Å². The molecule has 2 aliphatic heterocycles. The zero-order valence-corrected chi connectivity index (χ0v) is 24.3. The molecule has 1 aromatic heterocycles. The Labute approximate surface area is 250 Å². The second kappa shape index (κ2) is 11.9. The summed E-state index contributed by atoms with van der Waals surface area (Å²) in [5.41, 5.74) is 2.44. The molecule has 2 amide bonds. The summed E-state index contributed by atoms with van der Waals surface area (Å²) in [5.74, 6) is -1.01. The molecule has 2 saturated heterocycles. The summed E-state index contributed by atoms with van der Waals surface area (Å²) in [6.07, 6.45) is 2.98. The first-order chi connectivity index (χ1) is 20.8. The number of piperazine rings is 1. The lowest BCUT2D eigenvalue weighted by molar-refractivity contribution is -0.126. The fraction of sp³-hybridized carbons (Fsp3) is 0.324. The number of H-pyrrole nitrogens is 1. The molecule has 0 aliphatic carbocycles. The fourth-order valence-corrected chi connectivity index (χ4v) is 6.19. The Bertz CT molecular complexity index is 1620. The van der Waals surface area contributed by atoms with Crippen molar-refractivity contribution in [2.24, 2.45) is 0 Å². The first-order valence-corrected chi connectivity index (χ1v) is 14.7. The van der Waals surface area contributed by atoms with Crippen LogP contribution in [-0.4, -0.2) is 89.5 Å². The summed E-state index contributed by atoms with van der Waals surface area (Å²) in [7, 11) is 1.50. The Morgan fingerprint density at radius 2 is 1.49 bits per heavy atom. The van der Waals surface area contributed by atoms with Crippen LogP contribution in [0, 0.1) is 0 Å². The van der Waals surface area contributed by atoms with Crippen molar-refractivity contribution >= 4 is 34.2 Å². The van der Waals surface area contributed by atoms with Crippen molar-refractivity contribution in [2.75, 3.05) is 51.3 Å². The van der Waals surface area contributed by atoms with Gasteiger partial charge in [-0.25, -0.2) is 0 Å². The Balaban J connectivity index is 1.16. The number of aromatic nitrogens is 1. The molecule has 9 heteroatoms. The molecule has 0 bridgehead atoms. The zero-order chi connectivity index (χ0) is 30.0. The van der Waals surface area contributed by atoms with Crippen molar-refractivity contribution < 1.29 is 24.2 Å². The maximum absolute atomic E-state index is 13.7. The molecule has 3 heterocycles. The number of Topliss-reactive ketones (excluding diaryl/α,β-unsaturated/α-hetero) is 1. The highest BCUT2D eigenvalue weighted by Crippen LogP contribution is 2.32. The second-order valence-corrected chi connectivity index (χ2v) is 11.4. The molecule has 2 aliphatic rings. The van der Waals surface area contributed by atoms with Crippen molar-refractivity contribution in [2.45, 2.75) is 24.9 Å². The molecule has 4 aromatic rings. The van der Waals surface area contributed by atoms with Crippen molar-refractivity contribution in [3.05, 3.63) is 95.7 Å².